The molecule has 0 aromatic carbocycles. The van der Waals surface area contributed by atoms with E-state index < -0.39 is 0 Å². The second kappa shape index (κ2) is 6.08. The van der Waals surface area contributed by atoms with E-state index in [0.29, 0.717) is 6.61 Å². The van der Waals surface area contributed by atoms with Crippen molar-refractivity contribution in [2.75, 3.05) is 32.9 Å². The maximum atomic E-state index is 11.9. The molecule has 1 aromatic heterocycles. The molecule has 1 unspecified atom stereocenters. The number of aromatic nitrogens is 1. The third-order valence-corrected chi connectivity index (χ3v) is 5.77. The quantitative estimate of drug-likeness (QED) is 0.856. The van der Waals surface area contributed by atoms with Crippen molar-refractivity contribution in [2.45, 2.75) is 30.8 Å². The molecule has 1 aromatic rings. The monoisotopic (exact) mass is 321 g/mol. The molecule has 6 heteroatoms. The number of likely N-dealkylation sites (tertiary alicyclic amines) is 1. The molecule has 2 fully saturated rings. The van der Waals surface area contributed by atoms with Crippen molar-refractivity contribution in [3.8, 4) is 0 Å². The van der Waals surface area contributed by atoms with Crippen molar-refractivity contribution in [3.05, 3.63) is 29.6 Å². The fourth-order valence-electron chi connectivity index (χ4n) is 3.08. The zero-order chi connectivity index (χ0) is 15.7. The minimum atomic E-state index is 0.111. The predicted molar refractivity (Wildman–Crippen MR) is 88.0 cm³/mol. The van der Waals surface area contributed by atoms with E-state index in [1.807, 2.05) is 41.8 Å². The number of hydrogen-bond donors (Lipinski definition) is 0. The molecule has 22 heavy (non-hydrogen) atoms. The number of rotatable bonds is 3. The number of pyridine rings is 1. The van der Waals surface area contributed by atoms with E-state index in [-0.39, 0.29) is 16.9 Å². The van der Waals surface area contributed by atoms with Gasteiger partial charge in [0.1, 0.15) is 0 Å². The fraction of sp³-hybridized carbons (Fsp3) is 0.625. The maximum Gasteiger partial charge on any atom is 0.319 e. The van der Waals surface area contributed by atoms with Crippen LogP contribution in [0.1, 0.15) is 17.8 Å². The summed E-state index contributed by atoms with van der Waals surface area (Å²) in [6.45, 7) is 4.26. The van der Waals surface area contributed by atoms with Crippen LogP contribution in [0.5, 0.6) is 0 Å². The molecule has 0 saturated carbocycles. The van der Waals surface area contributed by atoms with Crippen molar-refractivity contribution in [3.63, 3.8) is 0 Å². The van der Waals surface area contributed by atoms with Crippen LogP contribution in [0.2, 0.25) is 0 Å². The molecule has 2 aliphatic rings. The van der Waals surface area contributed by atoms with E-state index in [2.05, 4.69) is 4.98 Å². The van der Waals surface area contributed by atoms with Crippen molar-refractivity contribution in [1.82, 2.24) is 14.8 Å². The van der Waals surface area contributed by atoms with Crippen LogP contribution in [0.25, 0.3) is 0 Å². The number of amides is 2. The summed E-state index contributed by atoms with van der Waals surface area (Å²) in [5.41, 5.74) is 2.01. The minimum absolute atomic E-state index is 0.111. The van der Waals surface area contributed by atoms with Crippen LogP contribution in [-0.4, -0.2) is 64.6 Å². The zero-order valence-electron chi connectivity index (χ0n) is 13.4. The Morgan fingerprint density at radius 3 is 2.95 bits per heavy atom. The first-order chi connectivity index (χ1) is 10.5. The summed E-state index contributed by atoms with van der Waals surface area (Å²) < 4.78 is 6.24. The number of carbonyl (C=O) groups excluding carboxylic acids is 1. The lowest BCUT2D eigenvalue weighted by Gasteiger charge is -2.48. The van der Waals surface area contributed by atoms with Gasteiger partial charge in [-0.3, -0.25) is 4.98 Å². The van der Waals surface area contributed by atoms with Crippen molar-refractivity contribution in [1.29, 1.82) is 0 Å². The lowest BCUT2D eigenvalue weighted by Crippen LogP contribution is -2.62. The Bertz CT molecular complexity index is 558. The second-order valence-corrected chi connectivity index (χ2v) is 7.92. The average molecular weight is 321 g/mol. The van der Waals surface area contributed by atoms with Gasteiger partial charge >= 0.3 is 6.03 Å². The SMILES string of the molecule is Cc1cccc(COC2CSC3(C2)CN(C(=O)N(C)C)C3)n1. The molecule has 3 heterocycles. The fourth-order valence-corrected chi connectivity index (χ4v) is 4.63. The molecule has 0 N–H and O–H groups in total. The summed E-state index contributed by atoms with van der Waals surface area (Å²) in [7, 11) is 3.60. The largest absolute Gasteiger partial charge is 0.371 e. The first-order valence-corrected chi connectivity index (χ1v) is 8.60. The van der Waals surface area contributed by atoms with Crippen LogP contribution >= 0.6 is 11.8 Å². The Morgan fingerprint density at radius 1 is 1.50 bits per heavy atom. The van der Waals surface area contributed by atoms with Gasteiger partial charge in [-0.25, -0.2) is 4.79 Å². The van der Waals surface area contributed by atoms with Crippen LogP contribution < -0.4 is 0 Å². The third kappa shape index (κ3) is 3.22. The highest BCUT2D eigenvalue weighted by Crippen LogP contribution is 2.46. The molecule has 120 valence electrons. The highest BCUT2D eigenvalue weighted by Gasteiger charge is 2.51. The van der Waals surface area contributed by atoms with E-state index in [9.17, 15) is 4.79 Å². The van der Waals surface area contributed by atoms with Gasteiger partial charge in [-0.15, -0.1) is 11.8 Å². The van der Waals surface area contributed by atoms with Crippen molar-refractivity contribution >= 4 is 17.8 Å². The number of carbonyl (C=O) groups is 1. The molecule has 0 radical (unpaired) electrons. The number of aryl methyl sites for hydroxylation is 1. The molecule has 0 aliphatic carbocycles. The molecule has 0 bridgehead atoms. The van der Waals surface area contributed by atoms with Gasteiger partial charge in [0.25, 0.3) is 0 Å². The van der Waals surface area contributed by atoms with Gasteiger partial charge in [-0.1, -0.05) is 6.07 Å². The first-order valence-electron chi connectivity index (χ1n) is 7.62. The van der Waals surface area contributed by atoms with E-state index in [1.165, 1.54) is 0 Å². The summed E-state index contributed by atoms with van der Waals surface area (Å²) in [6.07, 6.45) is 1.30. The third-order valence-electron chi connectivity index (χ3n) is 4.20. The second-order valence-electron chi connectivity index (χ2n) is 6.43. The molecular weight excluding hydrogens is 298 g/mol. The summed E-state index contributed by atoms with van der Waals surface area (Å²) in [5, 5.41) is 0. The summed E-state index contributed by atoms with van der Waals surface area (Å²) in [6, 6.07) is 6.13. The van der Waals surface area contributed by atoms with Gasteiger partial charge in [-0.05, 0) is 25.5 Å². The lowest BCUT2D eigenvalue weighted by molar-refractivity contribution is 0.0310. The lowest BCUT2D eigenvalue weighted by atomic mass is 9.93. The normalized spacial score (nSPS) is 22.7. The molecule has 2 amide bonds. The van der Waals surface area contributed by atoms with Crippen LogP contribution in [-0.2, 0) is 11.3 Å². The van der Waals surface area contributed by atoms with E-state index in [1.54, 1.807) is 19.0 Å². The number of nitrogens with zero attached hydrogens (tertiary/aromatic N) is 3. The average Bonchev–Trinajstić information content (AvgIpc) is 2.87. The summed E-state index contributed by atoms with van der Waals surface area (Å²) >= 11 is 1.95. The topological polar surface area (TPSA) is 45.7 Å². The summed E-state index contributed by atoms with van der Waals surface area (Å²) in [4.78, 5) is 19.9. The minimum Gasteiger partial charge on any atom is -0.371 e. The number of thioether (sulfide) groups is 1. The highest BCUT2D eigenvalue weighted by molar-refractivity contribution is 8.01. The Hall–Kier alpha value is -1.27. The van der Waals surface area contributed by atoms with Gasteiger partial charge in [0.2, 0.25) is 0 Å². The van der Waals surface area contributed by atoms with Gasteiger partial charge < -0.3 is 14.5 Å². The predicted octanol–water partition coefficient (Wildman–Crippen LogP) is 2.15. The Kier molecular flexibility index (Phi) is 4.32. The molecule has 2 saturated heterocycles. The molecular formula is C16H23N3O2S. The zero-order valence-corrected chi connectivity index (χ0v) is 14.2. The van der Waals surface area contributed by atoms with Gasteiger partial charge in [0.15, 0.2) is 0 Å². The van der Waals surface area contributed by atoms with E-state index in [0.717, 1.165) is 36.7 Å². The van der Waals surface area contributed by atoms with Crippen LogP contribution in [0, 0.1) is 6.92 Å². The number of ether oxygens (including phenoxy) is 1. The number of urea groups is 1. The van der Waals surface area contributed by atoms with Gasteiger partial charge in [-0.2, -0.15) is 0 Å². The maximum absolute atomic E-state index is 11.9. The van der Waals surface area contributed by atoms with E-state index >= 15 is 0 Å². The van der Waals surface area contributed by atoms with E-state index in [4.69, 9.17) is 4.74 Å². The standard InChI is InChI=1S/C16H23N3O2S/c1-12-5-4-6-13(17-12)8-21-14-7-16(22-9-14)10-19(11-16)15(20)18(2)3/h4-6,14H,7-11H2,1-3H3. The molecule has 2 aliphatic heterocycles. The van der Waals surface area contributed by atoms with Crippen LogP contribution in [0.15, 0.2) is 18.2 Å². The summed E-state index contributed by atoms with van der Waals surface area (Å²) in [5.74, 6) is 1.01. The Morgan fingerprint density at radius 2 is 2.27 bits per heavy atom. The Balaban J connectivity index is 1.47. The van der Waals surface area contributed by atoms with Crippen molar-refractivity contribution < 1.29 is 9.53 Å². The molecule has 5 nitrogen and oxygen atoms in total. The van der Waals surface area contributed by atoms with Crippen LogP contribution in [0.3, 0.4) is 0 Å². The van der Waals surface area contributed by atoms with Gasteiger partial charge in [0, 0.05) is 38.6 Å². The highest BCUT2D eigenvalue weighted by atomic mass is 32.2. The smallest absolute Gasteiger partial charge is 0.319 e. The molecule has 1 spiro atoms. The van der Waals surface area contributed by atoms with Crippen molar-refractivity contribution in [2.24, 2.45) is 0 Å². The Labute approximate surface area is 136 Å². The van der Waals surface area contributed by atoms with Crippen LogP contribution in [0.4, 0.5) is 4.79 Å². The molecule has 1 atom stereocenters. The molecule has 3 rings (SSSR count). The number of hydrogen-bond acceptors (Lipinski definition) is 4. The first kappa shape index (κ1) is 15.6. The van der Waals surface area contributed by atoms with Gasteiger partial charge in [0.05, 0.1) is 23.2 Å².